The average Bonchev–Trinajstić information content (AvgIpc) is 2.28. The SMILES string of the molecule is COc1cc(C)c(C(=O)CCCO)cc1C. The van der Waals surface area contributed by atoms with E-state index in [0.717, 1.165) is 22.4 Å². The number of hydrogen-bond donors (Lipinski definition) is 1. The first-order chi connectivity index (χ1) is 7.60. The first-order valence-electron chi connectivity index (χ1n) is 5.39. The summed E-state index contributed by atoms with van der Waals surface area (Å²) in [4.78, 5) is 11.8. The minimum absolute atomic E-state index is 0.0555. The van der Waals surface area contributed by atoms with Gasteiger partial charge in [-0.15, -0.1) is 0 Å². The van der Waals surface area contributed by atoms with Gasteiger partial charge >= 0.3 is 0 Å². The van der Waals surface area contributed by atoms with Gasteiger partial charge in [-0.3, -0.25) is 4.79 Å². The van der Waals surface area contributed by atoms with E-state index in [0.29, 0.717) is 12.8 Å². The van der Waals surface area contributed by atoms with Gasteiger partial charge in [-0.05, 0) is 43.5 Å². The Balaban J connectivity index is 2.97. The molecule has 16 heavy (non-hydrogen) atoms. The van der Waals surface area contributed by atoms with Crippen LogP contribution in [0, 0.1) is 13.8 Å². The molecule has 1 rings (SSSR count). The third-order valence-corrected chi connectivity index (χ3v) is 2.60. The Hall–Kier alpha value is -1.35. The lowest BCUT2D eigenvalue weighted by Crippen LogP contribution is -2.04. The molecule has 1 aromatic rings. The highest BCUT2D eigenvalue weighted by Crippen LogP contribution is 2.23. The Kier molecular flexibility index (Phi) is 4.50. The summed E-state index contributed by atoms with van der Waals surface area (Å²) in [6.45, 7) is 3.87. The number of hydrogen-bond acceptors (Lipinski definition) is 3. The molecule has 0 radical (unpaired) electrons. The number of carbonyl (C=O) groups is 1. The standard InChI is InChI=1S/C13H18O3/c1-9-8-13(16-3)10(2)7-11(9)12(15)5-4-6-14/h7-8,14H,4-6H2,1-3H3. The molecule has 0 heterocycles. The Bertz CT molecular complexity index is 383. The van der Waals surface area contributed by atoms with Crippen molar-refractivity contribution in [2.75, 3.05) is 13.7 Å². The van der Waals surface area contributed by atoms with Crippen molar-refractivity contribution in [3.63, 3.8) is 0 Å². The highest BCUT2D eigenvalue weighted by atomic mass is 16.5. The Morgan fingerprint density at radius 3 is 2.56 bits per heavy atom. The third-order valence-electron chi connectivity index (χ3n) is 2.60. The van der Waals surface area contributed by atoms with E-state index in [2.05, 4.69) is 0 Å². The smallest absolute Gasteiger partial charge is 0.163 e. The summed E-state index contributed by atoms with van der Waals surface area (Å²) in [5, 5.41) is 8.70. The van der Waals surface area contributed by atoms with E-state index in [1.54, 1.807) is 7.11 Å². The Morgan fingerprint density at radius 2 is 2.00 bits per heavy atom. The molecular weight excluding hydrogens is 204 g/mol. The van der Waals surface area contributed by atoms with Gasteiger partial charge in [0.05, 0.1) is 7.11 Å². The molecule has 0 spiro atoms. The summed E-state index contributed by atoms with van der Waals surface area (Å²) in [6, 6.07) is 3.73. The number of methoxy groups -OCH3 is 1. The zero-order chi connectivity index (χ0) is 12.1. The van der Waals surface area contributed by atoms with E-state index in [9.17, 15) is 4.79 Å². The lowest BCUT2D eigenvalue weighted by atomic mass is 9.98. The van der Waals surface area contributed by atoms with Crippen molar-refractivity contribution in [1.82, 2.24) is 0 Å². The first kappa shape index (κ1) is 12.7. The molecule has 0 amide bonds. The van der Waals surface area contributed by atoms with Crippen molar-refractivity contribution >= 4 is 5.78 Å². The van der Waals surface area contributed by atoms with E-state index in [1.807, 2.05) is 26.0 Å². The molecule has 0 aromatic heterocycles. The number of aryl methyl sites for hydroxylation is 2. The van der Waals surface area contributed by atoms with Crippen molar-refractivity contribution in [2.24, 2.45) is 0 Å². The highest BCUT2D eigenvalue weighted by Gasteiger charge is 2.11. The number of benzene rings is 1. The zero-order valence-electron chi connectivity index (χ0n) is 10.0. The summed E-state index contributed by atoms with van der Waals surface area (Å²) in [5.41, 5.74) is 2.61. The lowest BCUT2D eigenvalue weighted by Gasteiger charge is -2.10. The van der Waals surface area contributed by atoms with Crippen molar-refractivity contribution in [2.45, 2.75) is 26.7 Å². The predicted molar refractivity (Wildman–Crippen MR) is 63.1 cm³/mol. The summed E-state index contributed by atoms with van der Waals surface area (Å²) < 4.78 is 5.19. The van der Waals surface area contributed by atoms with Gasteiger partial charge in [0.25, 0.3) is 0 Å². The normalized spacial score (nSPS) is 10.2. The van der Waals surface area contributed by atoms with Crippen LogP contribution < -0.4 is 4.74 Å². The maximum atomic E-state index is 11.8. The number of carbonyl (C=O) groups excluding carboxylic acids is 1. The molecule has 1 N–H and O–H groups in total. The van der Waals surface area contributed by atoms with E-state index in [1.165, 1.54) is 0 Å². The van der Waals surface area contributed by atoms with Crippen molar-refractivity contribution in [3.8, 4) is 5.75 Å². The second-order valence-corrected chi connectivity index (χ2v) is 3.89. The molecule has 3 nitrogen and oxygen atoms in total. The molecule has 0 aliphatic carbocycles. The number of ketones is 1. The van der Waals surface area contributed by atoms with Crippen LogP contribution in [0.4, 0.5) is 0 Å². The maximum absolute atomic E-state index is 11.8. The molecule has 0 aliphatic rings. The number of aliphatic hydroxyl groups is 1. The van der Waals surface area contributed by atoms with Crippen molar-refractivity contribution < 1.29 is 14.6 Å². The van der Waals surface area contributed by atoms with E-state index < -0.39 is 0 Å². The lowest BCUT2D eigenvalue weighted by molar-refractivity contribution is 0.0970. The number of ether oxygens (including phenoxy) is 1. The highest BCUT2D eigenvalue weighted by molar-refractivity contribution is 5.97. The summed E-state index contributed by atoms with van der Waals surface area (Å²) in [5.74, 6) is 0.883. The van der Waals surface area contributed by atoms with Crippen molar-refractivity contribution in [3.05, 3.63) is 28.8 Å². The van der Waals surface area contributed by atoms with Gasteiger partial charge in [0.15, 0.2) is 5.78 Å². The van der Waals surface area contributed by atoms with E-state index in [4.69, 9.17) is 9.84 Å². The predicted octanol–water partition coefficient (Wildman–Crippen LogP) is 2.27. The van der Waals surface area contributed by atoms with Crippen LogP contribution in [0.5, 0.6) is 5.75 Å². The third kappa shape index (κ3) is 2.83. The number of aliphatic hydroxyl groups excluding tert-OH is 1. The van der Waals surface area contributed by atoms with Crippen LogP contribution in [-0.2, 0) is 0 Å². The molecule has 0 aliphatic heterocycles. The van der Waals surface area contributed by atoms with Gasteiger partial charge in [-0.25, -0.2) is 0 Å². The quantitative estimate of drug-likeness (QED) is 0.777. The van der Waals surface area contributed by atoms with E-state index >= 15 is 0 Å². The molecule has 3 heteroatoms. The Labute approximate surface area is 96.1 Å². The summed E-state index contributed by atoms with van der Waals surface area (Å²) >= 11 is 0. The fraction of sp³-hybridized carbons (Fsp3) is 0.462. The van der Waals surface area contributed by atoms with Crippen molar-refractivity contribution in [1.29, 1.82) is 0 Å². The van der Waals surface area contributed by atoms with Gasteiger partial charge in [0.1, 0.15) is 5.75 Å². The fourth-order valence-corrected chi connectivity index (χ4v) is 1.68. The van der Waals surface area contributed by atoms with Gasteiger partial charge in [-0.1, -0.05) is 0 Å². The second kappa shape index (κ2) is 5.66. The topological polar surface area (TPSA) is 46.5 Å². The zero-order valence-corrected chi connectivity index (χ0v) is 10.0. The van der Waals surface area contributed by atoms with Crippen LogP contribution in [0.3, 0.4) is 0 Å². The van der Waals surface area contributed by atoms with Crippen LogP contribution in [0.15, 0.2) is 12.1 Å². The number of Topliss-reactive ketones (excluding diaryl/α,β-unsaturated/α-hetero) is 1. The monoisotopic (exact) mass is 222 g/mol. The molecule has 0 unspecified atom stereocenters. The summed E-state index contributed by atoms with van der Waals surface area (Å²) in [6.07, 6.45) is 0.909. The van der Waals surface area contributed by atoms with Gasteiger partial charge in [0.2, 0.25) is 0 Å². The van der Waals surface area contributed by atoms with Gasteiger partial charge in [0, 0.05) is 18.6 Å². The molecule has 0 saturated carbocycles. The van der Waals surface area contributed by atoms with Gasteiger partial charge in [-0.2, -0.15) is 0 Å². The molecule has 0 atom stereocenters. The van der Waals surface area contributed by atoms with Crippen LogP contribution >= 0.6 is 0 Å². The minimum atomic E-state index is 0.0555. The Morgan fingerprint density at radius 1 is 1.31 bits per heavy atom. The second-order valence-electron chi connectivity index (χ2n) is 3.89. The fourth-order valence-electron chi connectivity index (χ4n) is 1.68. The maximum Gasteiger partial charge on any atom is 0.163 e. The average molecular weight is 222 g/mol. The van der Waals surface area contributed by atoms with E-state index in [-0.39, 0.29) is 12.4 Å². The molecule has 0 fully saturated rings. The molecular formula is C13H18O3. The largest absolute Gasteiger partial charge is 0.496 e. The molecule has 0 saturated heterocycles. The summed E-state index contributed by atoms with van der Waals surface area (Å²) in [7, 11) is 1.62. The number of rotatable bonds is 5. The molecule has 88 valence electrons. The first-order valence-corrected chi connectivity index (χ1v) is 5.39. The van der Waals surface area contributed by atoms with Crippen LogP contribution in [0.25, 0.3) is 0 Å². The minimum Gasteiger partial charge on any atom is -0.496 e. The van der Waals surface area contributed by atoms with Crippen LogP contribution in [-0.4, -0.2) is 24.6 Å². The van der Waals surface area contributed by atoms with Gasteiger partial charge < -0.3 is 9.84 Å². The van der Waals surface area contributed by atoms with Crippen LogP contribution in [0.1, 0.15) is 34.3 Å². The molecule has 1 aromatic carbocycles. The molecule has 0 bridgehead atoms. The van der Waals surface area contributed by atoms with Crippen LogP contribution in [0.2, 0.25) is 0 Å².